The average molecular weight is 350 g/mol. The Morgan fingerprint density at radius 3 is 2.69 bits per heavy atom. The van der Waals surface area contributed by atoms with E-state index in [-0.39, 0.29) is 5.91 Å². The van der Waals surface area contributed by atoms with Crippen molar-refractivity contribution in [1.82, 2.24) is 15.3 Å². The van der Waals surface area contributed by atoms with E-state index in [2.05, 4.69) is 20.6 Å². The molecule has 3 rings (SSSR count). The van der Waals surface area contributed by atoms with Gasteiger partial charge in [-0.15, -0.1) is 0 Å². The van der Waals surface area contributed by atoms with Crippen LogP contribution < -0.4 is 10.6 Å². The van der Waals surface area contributed by atoms with Gasteiger partial charge in [0.25, 0.3) is 5.91 Å². The first kappa shape index (κ1) is 17.8. The molecule has 0 aliphatic heterocycles. The first-order valence-corrected chi connectivity index (χ1v) is 8.70. The number of nitrogens with zero attached hydrogens (tertiary/aromatic N) is 2. The molecule has 0 atom stereocenters. The molecule has 0 bridgehead atoms. The van der Waals surface area contributed by atoms with Crippen LogP contribution in [0.5, 0.6) is 0 Å². The van der Waals surface area contributed by atoms with Crippen molar-refractivity contribution in [2.75, 3.05) is 25.1 Å². The maximum absolute atomic E-state index is 12.1. The third kappa shape index (κ3) is 4.55. The number of hydrogen-bond donors (Lipinski definition) is 2. The van der Waals surface area contributed by atoms with E-state index in [1.807, 2.05) is 43.3 Å². The summed E-state index contributed by atoms with van der Waals surface area (Å²) in [5.41, 5.74) is 2.37. The van der Waals surface area contributed by atoms with E-state index in [9.17, 15) is 4.79 Å². The van der Waals surface area contributed by atoms with Gasteiger partial charge in [0.05, 0.1) is 5.52 Å². The molecule has 0 radical (unpaired) electrons. The number of ether oxygens (including phenoxy) is 1. The highest BCUT2D eigenvalue weighted by molar-refractivity contribution is 5.95. The van der Waals surface area contributed by atoms with Gasteiger partial charge in [0, 0.05) is 36.4 Å². The highest BCUT2D eigenvalue weighted by atomic mass is 16.5. The van der Waals surface area contributed by atoms with E-state index < -0.39 is 0 Å². The number of para-hydroxylation sites is 1. The fourth-order valence-electron chi connectivity index (χ4n) is 2.57. The van der Waals surface area contributed by atoms with Crippen molar-refractivity contribution in [3.63, 3.8) is 0 Å². The standard InChI is InChI=1S/C20H22N4O2/c1-2-26-13-5-12-21-20(25)15-8-10-16(11-9-15)24-19-17-6-3-4-7-18(17)22-14-23-19/h3-4,6-11,14H,2,5,12-13H2,1H3,(H,21,25)(H,22,23,24). The van der Waals surface area contributed by atoms with Crippen molar-refractivity contribution < 1.29 is 9.53 Å². The quantitative estimate of drug-likeness (QED) is 0.608. The lowest BCUT2D eigenvalue weighted by Gasteiger charge is -2.09. The van der Waals surface area contributed by atoms with Gasteiger partial charge in [-0.3, -0.25) is 4.79 Å². The van der Waals surface area contributed by atoms with E-state index in [0.717, 1.165) is 28.8 Å². The van der Waals surface area contributed by atoms with E-state index in [1.165, 1.54) is 6.33 Å². The Balaban J connectivity index is 1.61. The first-order valence-electron chi connectivity index (χ1n) is 8.70. The summed E-state index contributed by atoms with van der Waals surface area (Å²) in [4.78, 5) is 20.7. The average Bonchev–Trinajstić information content (AvgIpc) is 2.68. The Bertz CT molecular complexity index is 860. The molecule has 1 heterocycles. The van der Waals surface area contributed by atoms with Gasteiger partial charge in [-0.1, -0.05) is 12.1 Å². The fraction of sp³-hybridized carbons (Fsp3) is 0.250. The highest BCUT2D eigenvalue weighted by Gasteiger charge is 2.06. The molecule has 0 saturated heterocycles. The van der Waals surface area contributed by atoms with E-state index in [1.54, 1.807) is 12.1 Å². The molecular formula is C20H22N4O2. The number of anilines is 2. The molecule has 134 valence electrons. The molecule has 0 aliphatic rings. The van der Waals surface area contributed by atoms with Crippen molar-refractivity contribution in [2.45, 2.75) is 13.3 Å². The Kier molecular flexibility index (Phi) is 6.11. The minimum atomic E-state index is -0.0828. The zero-order chi connectivity index (χ0) is 18.2. The zero-order valence-electron chi connectivity index (χ0n) is 14.7. The summed E-state index contributed by atoms with van der Waals surface area (Å²) in [7, 11) is 0. The molecule has 1 aromatic heterocycles. The molecule has 2 aromatic carbocycles. The number of fused-ring (bicyclic) bond motifs is 1. The third-order valence-corrected chi connectivity index (χ3v) is 3.91. The fourth-order valence-corrected chi connectivity index (χ4v) is 2.57. The summed E-state index contributed by atoms with van der Waals surface area (Å²) in [6, 6.07) is 15.1. The van der Waals surface area contributed by atoms with Crippen molar-refractivity contribution in [3.8, 4) is 0 Å². The molecule has 0 spiro atoms. The van der Waals surface area contributed by atoms with Crippen LogP contribution in [0.2, 0.25) is 0 Å². The minimum Gasteiger partial charge on any atom is -0.382 e. The lowest BCUT2D eigenvalue weighted by Crippen LogP contribution is -2.25. The number of rotatable bonds is 8. The zero-order valence-corrected chi connectivity index (χ0v) is 14.7. The van der Waals surface area contributed by atoms with Crippen LogP contribution in [0.25, 0.3) is 10.9 Å². The molecule has 0 unspecified atom stereocenters. The number of aromatic nitrogens is 2. The number of benzene rings is 2. The van der Waals surface area contributed by atoms with Crippen molar-refractivity contribution in [3.05, 3.63) is 60.4 Å². The Morgan fingerprint density at radius 2 is 1.88 bits per heavy atom. The summed E-state index contributed by atoms with van der Waals surface area (Å²) in [6.45, 7) is 3.92. The van der Waals surface area contributed by atoms with Gasteiger partial charge in [0.15, 0.2) is 0 Å². The largest absolute Gasteiger partial charge is 0.382 e. The lowest BCUT2D eigenvalue weighted by atomic mass is 10.2. The predicted molar refractivity (Wildman–Crippen MR) is 103 cm³/mol. The second-order valence-corrected chi connectivity index (χ2v) is 5.75. The minimum absolute atomic E-state index is 0.0828. The van der Waals surface area contributed by atoms with Gasteiger partial charge < -0.3 is 15.4 Å². The van der Waals surface area contributed by atoms with Crippen molar-refractivity contribution >= 4 is 28.3 Å². The van der Waals surface area contributed by atoms with Gasteiger partial charge in [-0.2, -0.15) is 0 Å². The van der Waals surface area contributed by atoms with Crippen molar-refractivity contribution in [2.24, 2.45) is 0 Å². The van der Waals surface area contributed by atoms with Crippen LogP contribution in [0.4, 0.5) is 11.5 Å². The smallest absolute Gasteiger partial charge is 0.251 e. The second kappa shape index (κ2) is 8.92. The maximum Gasteiger partial charge on any atom is 0.251 e. The van der Waals surface area contributed by atoms with Crippen LogP contribution in [0.3, 0.4) is 0 Å². The van der Waals surface area contributed by atoms with Crippen LogP contribution in [-0.4, -0.2) is 35.6 Å². The second-order valence-electron chi connectivity index (χ2n) is 5.75. The molecular weight excluding hydrogens is 328 g/mol. The number of carbonyl (C=O) groups is 1. The third-order valence-electron chi connectivity index (χ3n) is 3.91. The Morgan fingerprint density at radius 1 is 1.08 bits per heavy atom. The molecule has 26 heavy (non-hydrogen) atoms. The van der Waals surface area contributed by atoms with Crippen molar-refractivity contribution in [1.29, 1.82) is 0 Å². The molecule has 1 amide bonds. The molecule has 0 aliphatic carbocycles. The van der Waals surface area contributed by atoms with Gasteiger partial charge in [-0.05, 0) is 49.7 Å². The number of carbonyl (C=O) groups excluding carboxylic acids is 1. The normalized spacial score (nSPS) is 10.7. The highest BCUT2D eigenvalue weighted by Crippen LogP contribution is 2.22. The van der Waals surface area contributed by atoms with E-state index in [0.29, 0.717) is 25.3 Å². The number of amides is 1. The van der Waals surface area contributed by atoms with Crippen LogP contribution in [0.15, 0.2) is 54.9 Å². The van der Waals surface area contributed by atoms with Crippen LogP contribution in [0.1, 0.15) is 23.7 Å². The van der Waals surface area contributed by atoms with Gasteiger partial charge in [0.2, 0.25) is 0 Å². The first-order chi connectivity index (χ1) is 12.8. The summed E-state index contributed by atoms with van der Waals surface area (Å²) in [6.07, 6.45) is 2.34. The van der Waals surface area contributed by atoms with Gasteiger partial charge in [-0.25, -0.2) is 9.97 Å². The van der Waals surface area contributed by atoms with Crippen LogP contribution >= 0.6 is 0 Å². The van der Waals surface area contributed by atoms with E-state index >= 15 is 0 Å². The molecule has 3 aromatic rings. The van der Waals surface area contributed by atoms with Crippen LogP contribution in [0, 0.1) is 0 Å². The summed E-state index contributed by atoms with van der Waals surface area (Å²) in [5.74, 6) is 0.657. The topological polar surface area (TPSA) is 76.1 Å². The van der Waals surface area contributed by atoms with Gasteiger partial charge >= 0.3 is 0 Å². The van der Waals surface area contributed by atoms with Crippen LogP contribution in [-0.2, 0) is 4.74 Å². The molecule has 0 saturated carbocycles. The number of hydrogen-bond acceptors (Lipinski definition) is 5. The monoisotopic (exact) mass is 350 g/mol. The number of nitrogens with one attached hydrogen (secondary N) is 2. The molecule has 2 N–H and O–H groups in total. The Hall–Kier alpha value is -2.99. The van der Waals surface area contributed by atoms with E-state index in [4.69, 9.17) is 4.74 Å². The molecule has 0 fully saturated rings. The maximum atomic E-state index is 12.1. The predicted octanol–water partition coefficient (Wildman–Crippen LogP) is 3.53. The Labute approximate surface area is 152 Å². The lowest BCUT2D eigenvalue weighted by molar-refractivity contribution is 0.0944. The molecule has 6 nitrogen and oxygen atoms in total. The summed E-state index contributed by atoms with van der Waals surface area (Å²) >= 11 is 0. The van der Waals surface area contributed by atoms with Gasteiger partial charge in [0.1, 0.15) is 12.1 Å². The SMILES string of the molecule is CCOCCCNC(=O)c1ccc(Nc2ncnc3ccccc23)cc1. The summed E-state index contributed by atoms with van der Waals surface area (Å²) in [5, 5.41) is 7.12. The summed E-state index contributed by atoms with van der Waals surface area (Å²) < 4.78 is 5.25. The molecule has 6 heteroatoms.